The van der Waals surface area contributed by atoms with Gasteiger partial charge in [-0.15, -0.1) is 10.2 Å². The van der Waals surface area contributed by atoms with E-state index in [0.29, 0.717) is 53.7 Å². The van der Waals surface area contributed by atoms with Gasteiger partial charge in [0.05, 0.1) is 12.1 Å². The summed E-state index contributed by atoms with van der Waals surface area (Å²) in [6.07, 6.45) is 0. The molecule has 2 aliphatic heterocycles. The van der Waals surface area contributed by atoms with E-state index in [2.05, 4.69) is 15.5 Å². The number of aromatic nitrogens is 1. The molecule has 38 heavy (non-hydrogen) atoms. The summed E-state index contributed by atoms with van der Waals surface area (Å²) in [6.45, 7) is 0.985. The standard InChI is InChI=1S/C27H22N4O7/c32-24(13-28-26(33)17-6-8-20-23(12-17)36-10-9-35-20)29-30-25-18-3-1-2-4-19(18)31(27(25)34)14-16-5-7-21-22(11-16)38-15-37-21/h1-8,11-12,34H,9-10,13-15H2,(H,28,33). The van der Waals surface area contributed by atoms with Gasteiger partial charge in [-0.3, -0.25) is 9.59 Å². The molecular formula is C27H22N4O7. The van der Waals surface area contributed by atoms with Crippen LogP contribution in [0.3, 0.4) is 0 Å². The van der Waals surface area contributed by atoms with Gasteiger partial charge in [-0.2, -0.15) is 0 Å². The molecule has 6 rings (SSSR count). The number of carbonyl (C=O) groups is 2. The second-order valence-electron chi connectivity index (χ2n) is 8.60. The molecule has 2 amide bonds. The molecule has 0 radical (unpaired) electrons. The highest BCUT2D eigenvalue weighted by atomic mass is 16.7. The predicted octanol–water partition coefficient (Wildman–Crippen LogP) is 3.94. The average molecular weight is 514 g/mol. The Morgan fingerprint density at radius 3 is 2.53 bits per heavy atom. The molecular weight excluding hydrogens is 492 g/mol. The first kappa shape index (κ1) is 23.3. The minimum Gasteiger partial charge on any atom is -0.493 e. The third-order valence-electron chi connectivity index (χ3n) is 6.16. The fourth-order valence-corrected chi connectivity index (χ4v) is 4.34. The molecule has 0 fully saturated rings. The number of rotatable bonds is 6. The van der Waals surface area contributed by atoms with Crippen molar-refractivity contribution >= 4 is 28.4 Å². The number of hydrogen-bond donors (Lipinski definition) is 2. The van der Waals surface area contributed by atoms with Gasteiger partial charge < -0.3 is 33.9 Å². The molecule has 0 unspecified atom stereocenters. The second kappa shape index (κ2) is 9.77. The molecule has 0 aliphatic carbocycles. The van der Waals surface area contributed by atoms with Gasteiger partial charge >= 0.3 is 0 Å². The van der Waals surface area contributed by atoms with Crippen LogP contribution in [0.4, 0.5) is 5.69 Å². The van der Waals surface area contributed by atoms with Crippen molar-refractivity contribution in [2.75, 3.05) is 26.6 Å². The summed E-state index contributed by atoms with van der Waals surface area (Å²) in [5.41, 5.74) is 2.08. The van der Waals surface area contributed by atoms with Gasteiger partial charge in [0.2, 0.25) is 12.7 Å². The molecule has 0 spiro atoms. The van der Waals surface area contributed by atoms with Gasteiger partial charge in [-0.25, -0.2) is 0 Å². The van der Waals surface area contributed by atoms with Crippen LogP contribution in [-0.2, 0) is 11.3 Å². The van der Waals surface area contributed by atoms with E-state index in [1.165, 1.54) is 0 Å². The van der Waals surface area contributed by atoms with Gasteiger partial charge in [-0.1, -0.05) is 24.3 Å². The molecule has 0 saturated carbocycles. The van der Waals surface area contributed by atoms with Crippen LogP contribution in [0, 0.1) is 0 Å². The van der Waals surface area contributed by atoms with Crippen molar-refractivity contribution in [3.63, 3.8) is 0 Å². The monoisotopic (exact) mass is 514 g/mol. The number of amides is 2. The summed E-state index contributed by atoms with van der Waals surface area (Å²) in [7, 11) is 0. The summed E-state index contributed by atoms with van der Waals surface area (Å²) >= 11 is 0. The lowest BCUT2D eigenvalue weighted by Crippen LogP contribution is -2.28. The molecule has 0 saturated heterocycles. The minimum atomic E-state index is -0.678. The molecule has 0 bridgehead atoms. The van der Waals surface area contributed by atoms with Gasteiger partial charge in [0.25, 0.3) is 11.8 Å². The first-order valence-electron chi connectivity index (χ1n) is 11.9. The van der Waals surface area contributed by atoms with Crippen molar-refractivity contribution in [1.29, 1.82) is 0 Å². The van der Waals surface area contributed by atoms with Crippen molar-refractivity contribution in [3.05, 3.63) is 71.8 Å². The van der Waals surface area contributed by atoms with Crippen LogP contribution >= 0.6 is 0 Å². The van der Waals surface area contributed by atoms with E-state index in [0.717, 1.165) is 11.1 Å². The van der Waals surface area contributed by atoms with Crippen LogP contribution in [0.2, 0.25) is 0 Å². The fraction of sp³-hybridized carbons (Fsp3) is 0.185. The maximum absolute atomic E-state index is 12.5. The van der Waals surface area contributed by atoms with Crippen molar-refractivity contribution < 1.29 is 33.6 Å². The van der Waals surface area contributed by atoms with Crippen molar-refractivity contribution in [3.8, 4) is 28.9 Å². The van der Waals surface area contributed by atoms with Crippen molar-refractivity contribution in [1.82, 2.24) is 9.88 Å². The first-order chi connectivity index (χ1) is 18.6. The third-order valence-corrected chi connectivity index (χ3v) is 6.16. The average Bonchev–Trinajstić information content (AvgIpc) is 3.52. The van der Waals surface area contributed by atoms with Crippen molar-refractivity contribution in [2.45, 2.75) is 6.54 Å². The lowest BCUT2D eigenvalue weighted by atomic mass is 10.2. The van der Waals surface area contributed by atoms with Crippen LogP contribution in [0.25, 0.3) is 10.9 Å². The number of nitrogens with zero attached hydrogens (tertiary/aromatic N) is 3. The molecule has 2 N–H and O–H groups in total. The summed E-state index contributed by atoms with van der Waals surface area (Å²) in [4.78, 5) is 24.9. The maximum Gasteiger partial charge on any atom is 0.283 e. The quantitative estimate of drug-likeness (QED) is 0.373. The zero-order chi connectivity index (χ0) is 26.1. The Balaban J connectivity index is 1.17. The number of azo groups is 1. The highest BCUT2D eigenvalue weighted by Crippen LogP contribution is 2.40. The number of para-hydroxylation sites is 1. The lowest BCUT2D eigenvalue weighted by Gasteiger charge is -2.18. The molecule has 1 aromatic heterocycles. The molecule has 2 aliphatic rings. The Labute approximate surface area is 216 Å². The van der Waals surface area contributed by atoms with Crippen LogP contribution in [0.15, 0.2) is 70.9 Å². The van der Waals surface area contributed by atoms with Gasteiger partial charge in [0, 0.05) is 10.9 Å². The zero-order valence-corrected chi connectivity index (χ0v) is 20.0. The van der Waals surface area contributed by atoms with Crippen LogP contribution < -0.4 is 24.3 Å². The zero-order valence-electron chi connectivity index (χ0n) is 20.0. The molecule has 11 nitrogen and oxygen atoms in total. The van der Waals surface area contributed by atoms with E-state index in [-0.39, 0.29) is 24.9 Å². The predicted molar refractivity (Wildman–Crippen MR) is 135 cm³/mol. The third kappa shape index (κ3) is 4.45. The molecule has 3 aromatic carbocycles. The lowest BCUT2D eigenvalue weighted by molar-refractivity contribution is -0.117. The van der Waals surface area contributed by atoms with Gasteiger partial charge in [0.1, 0.15) is 19.8 Å². The van der Waals surface area contributed by atoms with Gasteiger partial charge in [0.15, 0.2) is 28.7 Å². The summed E-state index contributed by atoms with van der Waals surface area (Å²) in [5.74, 6) is 1.07. The Bertz CT molecular complexity index is 1590. The minimum absolute atomic E-state index is 0.138. The highest BCUT2D eigenvalue weighted by molar-refractivity contribution is 5.98. The van der Waals surface area contributed by atoms with E-state index < -0.39 is 11.8 Å². The largest absolute Gasteiger partial charge is 0.493 e. The number of fused-ring (bicyclic) bond motifs is 3. The smallest absolute Gasteiger partial charge is 0.283 e. The molecule has 3 heterocycles. The Kier molecular flexibility index (Phi) is 6.00. The number of benzene rings is 3. The summed E-state index contributed by atoms with van der Waals surface area (Å²) in [6, 6.07) is 17.6. The first-order valence-corrected chi connectivity index (χ1v) is 11.9. The fourth-order valence-electron chi connectivity index (χ4n) is 4.34. The van der Waals surface area contributed by atoms with Crippen molar-refractivity contribution in [2.24, 2.45) is 10.2 Å². The molecule has 4 aromatic rings. The van der Waals surface area contributed by atoms with E-state index in [1.807, 2.05) is 30.3 Å². The van der Waals surface area contributed by atoms with E-state index in [9.17, 15) is 14.7 Å². The topological polar surface area (TPSA) is 133 Å². The van der Waals surface area contributed by atoms with E-state index in [1.54, 1.807) is 34.9 Å². The van der Waals surface area contributed by atoms with E-state index >= 15 is 0 Å². The van der Waals surface area contributed by atoms with Crippen LogP contribution in [0.1, 0.15) is 15.9 Å². The maximum atomic E-state index is 12.5. The summed E-state index contributed by atoms with van der Waals surface area (Å²) < 4.78 is 23.4. The molecule has 0 atom stereocenters. The number of carbonyl (C=O) groups excluding carboxylic acids is 2. The highest BCUT2D eigenvalue weighted by Gasteiger charge is 2.20. The second-order valence-corrected chi connectivity index (χ2v) is 8.60. The number of hydrogen-bond acceptors (Lipinski definition) is 8. The Morgan fingerprint density at radius 2 is 1.63 bits per heavy atom. The normalized spacial score (nSPS) is 13.7. The molecule has 11 heteroatoms. The Morgan fingerprint density at radius 1 is 0.895 bits per heavy atom. The molecule has 192 valence electrons. The number of nitrogens with one attached hydrogen (secondary N) is 1. The number of ether oxygens (including phenoxy) is 4. The van der Waals surface area contributed by atoms with E-state index in [4.69, 9.17) is 18.9 Å². The van der Waals surface area contributed by atoms with Crippen LogP contribution in [0.5, 0.6) is 28.9 Å². The number of aromatic hydroxyl groups is 1. The van der Waals surface area contributed by atoms with Crippen LogP contribution in [-0.4, -0.2) is 48.0 Å². The van der Waals surface area contributed by atoms with Gasteiger partial charge in [-0.05, 0) is 42.0 Å². The Hall–Kier alpha value is -5.06. The SMILES string of the molecule is O=C(CNC(=O)c1ccc2c(c1)OCCO2)N=Nc1c(O)n(Cc2ccc3c(c2)OCO3)c2ccccc12. The summed E-state index contributed by atoms with van der Waals surface area (Å²) in [5, 5.41) is 21.9.